The fraction of sp³-hybridized carbons (Fsp3) is 0.154. The van der Waals surface area contributed by atoms with Gasteiger partial charge >= 0.3 is 5.97 Å². The van der Waals surface area contributed by atoms with Gasteiger partial charge in [0.15, 0.2) is 0 Å². The van der Waals surface area contributed by atoms with Gasteiger partial charge in [-0.2, -0.15) is 5.10 Å². The molecular weight excluding hydrogens is 358 g/mol. The van der Waals surface area contributed by atoms with E-state index in [1.807, 2.05) is 12.1 Å². The lowest BCUT2D eigenvalue weighted by Gasteiger charge is -1.98. The van der Waals surface area contributed by atoms with Gasteiger partial charge in [0, 0.05) is 17.2 Å². The van der Waals surface area contributed by atoms with Crippen LogP contribution >= 0.6 is 27.3 Å². The largest absolute Gasteiger partial charge is 0.468 e. The number of aromatic nitrogens is 2. The Bertz CT molecular complexity index is 678. The van der Waals surface area contributed by atoms with Crippen molar-refractivity contribution in [1.29, 1.82) is 0 Å². The van der Waals surface area contributed by atoms with Crippen LogP contribution in [-0.4, -0.2) is 28.8 Å². The molecule has 110 valence electrons. The van der Waals surface area contributed by atoms with E-state index in [1.165, 1.54) is 35.4 Å². The number of anilines is 1. The third-order valence-corrected chi connectivity index (χ3v) is 4.00. The van der Waals surface area contributed by atoms with Crippen LogP contribution in [0.3, 0.4) is 0 Å². The number of nitrogens with one attached hydrogen (secondary N) is 1. The fourth-order valence-electron chi connectivity index (χ4n) is 1.47. The van der Waals surface area contributed by atoms with Crippen molar-refractivity contribution in [3.05, 3.63) is 39.3 Å². The molecule has 1 N–H and O–H groups in total. The van der Waals surface area contributed by atoms with E-state index in [0.717, 1.165) is 8.66 Å². The summed E-state index contributed by atoms with van der Waals surface area (Å²) in [6, 6.07) is 3.83. The first-order valence-electron chi connectivity index (χ1n) is 5.90. The first kappa shape index (κ1) is 15.5. The average Bonchev–Trinajstić information content (AvgIpc) is 3.05. The lowest BCUT2D eigenvalue weighted by atomic mass is 10.4. The van der Waals surface area contributed by atoms with Crippen LogP contribution in [0, 0.1) is 0 Å². The van der Waals surface area contributed by atoms with Crippen molar-refractivity contribution in [3.63, 3.8) is 0 Å². The summed E-state index contributed by atoms with van der Waals surface area (Å²) in [4.78, 5) is 23.8. The second-order valence-electron chi connectivity index (χ2n) is 3.97. The number of nitrogens with zero attached hydrogens (tertiary/aromatic N) is 2. The number of halogens is 1. The van der Waals surface area contributed by atoms with E-state index < -0.39 is 5.97 Å². The Morgan fingerprint density at radius 1 is 1.52 bits per heavy atom. The molecule has 0 spiro atoms. The third-order valence-electron chi connectivity index (χ3n) is 2.41. The summed E-state index contributed by atoms with van der Waals surface area (Å²) in [7, 11) is 1.31. The van der Waals surface area contributed by atoms with E-state index in [-0.39, 0.29) is 12.5 Å². The maximum absolute atomic E-state index is 11.7. The predicted molar refractivity (Wildman–Crippen MR) is 83.9 cm³/mol. The summed E-state index contributed by atoms with van der Waals surface area (Å²) in [5, 5.41) is 6.61. The van der Waals surface area contributed by atoms with Crippen molar-refractivity contribution in [1.82, 2.24) is 9.78 Å². The molecule has 0 radical (unpaired) electrons. The molecule has 2 aromatic rings. The van der Waals surface area contributed by atoms with Gasteiger partial charge in [-0.3, -0.25) is 14.3 Å². The highest BCUT2D eigenvalue weighted by molar-refractivity contribution is 9.11. The van der Waals surface area contributed by atoms with Crippen LogP contribution in [-0.2, 0) is 20.9 Å². The number of carbonyl (C=O) groups is 2. The Morgan fingerprint density at radius 2 is 2.33 bits per heavy atom. The van der Waals surface area contributed by atoms with Crippen LogP contribution in [0.25, 0.3) is 6.08 Å². The lowest BCUT2D eigenvalue weighted by Crippen LogP contribution is -2.11. The first-order valence-corrected chi connectivity index (χ1v) is 7.51. The molecule has 2 heterocycles. The fourth-order valence-corrected chi connectivity index (χ4v) is 2.80. The van der Waals surface area contributed by atoms with Crippen LogP contribution in [0.15, 0.2) is 34.4 Å². The first-order chi connectivity index (χ1) is 10.1. The number of rotatable bonds is 5. The predicted octanol–water partition coefficient (Wildman–Crippen LogP) is 2.53. The molecule has 0 saturated heterocycles. The maximum Gasteiger partial charge on any atom is 0.327 e. The van der Waals surface area contributed by atoms with Gasteiger partial charge in [0.05, 0.1) is 22.8 Å². The SMILES string of the molecule is COC(=O)Cn1cc(NC(=O)/C=C/c2ccc(Br)s2)cn1. The van der Waals surface area contributed by atoms with Crippen LogP contribution < -0.4 is 5.32 Å². The van der Waals surface area contributed by atoms with E-state index in [1.54, 1.807) is 12.3 Å². The number of thiophene rings is 1. The van der Waals surface area contributed by atoms with Gasteiger partial charge in [-0.25, -0.2) is 0 Å². The van der Waals surface area contributed by atoms with Gasteiger partial charge in [-0.1, -0.05) is 0 Å². The smallest absolute Gasteiger partial charge is 0.327 e. The number of methoxy groups -OCH3 is 1. The van der Waals surface area contributed by atoms with Gasteiger partial charge in [0.1, 0.15) is 6.54 Å². The van der Waals surface area contributed by atoms with Crippen LogP contribution in [0.4, 0.5) is 5.69 Å². The molecule has 0 aliphatic carbocycles. The van der Waals surface area contributed by atoms with Crippen LogP contribution in [0.5, 0.6) is 0 Å². The van der Waals surface area contributed by atoms with Gasteiger partial charge in [0.2, 0.25) is 5.91 Å². The normalized spacial score (nSPS) is 10.8. The maximum atomic E-state index is 11.7. The Morgan fingerprint density at radius 3 is 3.00 bits per heavy atom. The molecule has 2 rings (SSSR count). The zero-order valence-corrected chi connectivity index (χ0v) is 13.5. The van der Waals surface area contributed by atoms with Gasteiger partial charge in [-0.05, 0) is 34.1 Å². The summed E-state index contributed by atoms with van der Waals surface area (Å²) in [6.07, 6.45) is 6.19. The molecule has 0 atom stereocenters. The molecular formula is C13H12BrN3O3S. The molecule has 2 aromatic heterocycles. The van der Waals surface area contributed by atoms with Crippen molar-refractivity contribution in [2.45, 2.75) is 6.54 Å². The highest BCUT2D eigenvalue weighted by Crippen LogP contribution is 2.22. The topological polar surface area (TPSA) is 73.2 Å². The van der Waals surface area contributed by atoms with Crippen LogP contribution in [0.2, 0.25) is 0 Å². The zero-order valence-electron chi connectivity index (χ0n) is 11.1. The monoisotopic (exact) mass is 369 g/mol. The van der Waals surface area contributed by atoms with Crippen LogP contribution in [0.1, 0.15) is 4.88 Å². The molecule has 0 aliphatic heterocycles. The summed E-state index contributed by atoms with van der Waals surface area (Å²) in [6.45, 7) is 0.00539. The summed E-state index contributed by atoms with van der Waals surface area (Å²) < 4.78 is 6.93. The number of esters is 1. The quantitative estimate of drug-likeness (QED) is 0.649. The third kappa shape index (κ3) is 4.83. The molecule has 0 bridgehead atoms. The molecule has 0 aromatic carbocycles. The number of carbonyl (C=O) groups excluding carboxylic acids is 2. The molecule has 0 fully saturated rings. The van der Waals surface area contributed by atoms with E-state index in [9.17, 15) is 9.59 Å². The number of amides is 1. The van der Waals surface area contributed by atoms with E-state index in [2.05, 4.69) is 31.1 Å². The molecule has 0 unspecified atom stereocenters. The van der Waals surface area contributed by atoms with Gasteiger partial charge in [-0.15, -0.1) is 11.3 Å². The van der Waals surface area contributed by atoms with Crippen molar-refractivity contribution < 1.29 is 14.3 Å². The lowest BCUT2D eigenvalue weighted by molar-refractivity contribution is -0.141. The number of ether oxygens (including phenoxy) is 1. The zero-order chi connectivity index (χ0) is 15.2. The van der Waals surface area contributed by atoms with E-state index in [4.69, 9.17) is 0 Å². The standard InChI is InChI=1S/C13H12BrN3O3S/c1-20-13(19)8-17-7-9(6-15-17)16-12(18)5-3-10-2-4-11(14)21-10/h2-7H,8H2,1H3,(H,16,18)/b5-3+. The molecule has 1 amide bonds. The molecule has 8 heteroatoms. The summed E-state index contributed by atoms with van der Waals surface area (Å²) >= 11 is 4.89. The second kappa shape index (κ2) is 7.19. The number of hydrogen-bond acceptors (Lipinski definition) is 5. The summed E-state index contributed by atoms with van der Waals surface area (Å²) in [5.41, 5.74) is 0.515. The number of hydrogen-bond donors (Lipinski definition) is 1. The Kier molecular flexibility index (Phi) is 5.29. The summed E-state index contributed by atoms with van der Waals surface area (Å²) in [5.74, 6) is -0.670. The Balaban J connectivity index is 1.90. The highest BCUT2D eigenvalue weighted by Gasteiger charge is 2.05. The molecule has 21 heavy (non-hydrogen) atoms. The molecule has 6 nitrogen and oxygen atoms in total. The van der Waals surface area contributed by atoms with Crippen molar-refractivity contribution in [3.8, 4) is 0 Å². The average molecular weight is 370 g/mol. The second-order valence-corrected chi connectivity index (χ2v) is 6.46. The minimum atomic E-state index is -0.404. The van der Waals surface area contributed by atoms with Crippen molar-refractivity contribution in [2.75, 3.05) is 12.4 Å². The molecule has 0 saturated carbocycles. The molecule has 0 aliphatic rings. The minimum absolute atomic E-state index is 0.00539. The van der Waals surface area contributed by atoms with Gasteiger partial charge < -0.3 is 10.1 Å². The van der Waals surface area contributed by atoms with Crippen molar-refractivity contribution in [2.24, 2.45) is 0 Å². The highest BCUT2D eigenvalue weighted by atomic mass is 79.9. The Hall–Kier alpha value is -1.93. The van der Waals surface area contributed by atoms with Crippen molar-refractivity contribution >= 4 is 50.9 Å². The Labute approximate surface area is 133 Å². The van der Waals surface area contributed by atoms with E-state index >= 15 is 0 Å². The van der Waals surface area contributed by atoms with E-state index in [0.29, 0.717) is 5.69 Å². The van der Waals surface area contributed by atoms with Gasteiger partial charge in [0.25, 0.3) is 0 Å². The minimum Gasteiger partial charge on any atom is -0.468 e.